The van der Waals surface area contributed by atoms with Crippen LogP contribution in [0.15, 0.2) is 35.1 Å². The lowest BCUT2D eigenvalue weighted by Gasteiger charge is -2.03. The van der Waals surface area contributed by atoms with Crippen LogP contribution in [0.4, 0.5) is 5.82 Å². The highest BCUT2D eigenvalue weighted by atomic mass is 16.2. The predicted octanol–water partition coefficient (Wildman–Crippen LogP) is 1.01. The van der Waals surface area contributed by atoms with Crippen molar-refractivity contribution in [2.75, 3.05) is 5.32 Å². The molecule has 0 saturated heterocycles. The maximum atomic E-state index is 12.2. The number of nitrogens with one attached hydrogen (secondary N) is 2. The number of amides is 1. The van der Waals surface area contributed by atoms with E-state index >= 15 is 0 Å². The number of nitrogens with zero attached hydrogens (tertiary/aromatic N) is 3. The first kappa shape index (κ1) is 13.2. The molecule has 7 nitrogen and oxygen atoms in total. The second-order valence-corrected chi connectivity index (χ2v) is 4.90. The standard InChI is InChI=1S/C14H15N5O2/c1-9-7-12(17-16-9)15-13(20)8-19-11-6-4-3-5-10(11)18(2)14(19)21/h3-7H,8H2,1-2H3,(H2,15,16,17,20). The molecule has 21 heavy (non-hydrogen) atoms. The van der Waals surface area contributed by atoms with Gasteiger partial charge in [-0.15, -0.1) is 0 Å². The quantitative estimate of drug-likeness (QED) is 0.753. The van der Waals surface area contributed by atoms with E-state index in [-0.39, 0.29) is 18.1 Å². The van der Waals surface area contributed by atoms with E-state index in [0.717, 1.165) is 16.7 Å². The van der Waals surface area contributed by atoms with Crippen molar-refractivity contribution in [3.05, 3.63) is 46.5 Å². The molecule has 2 N–H and O–H groups in total. The Hall–Kier alpha value is -2.83. The largest absolute Gasteiger partial charge is 0.329 e. The fourth-order valence-electron chi connectivity index (χ4n) is 2.32. The van der Waals surface area contributed by atoms with Crippen molar-refractivity contribution in [1.82, 2.24) is 19.3 Å². The van der Waals surface area contributed by atoms with Crippen LogP contribution in [-0.2, 0) is 18.4 Å². The molecule has 0 fully saturated rings. The molecule has 0 aliphatic rings. The minimum Gasteiger partial charge on any atom is -0.308 e. The van der Waals surface area contributed by atoms with E-state index in [1.54, 1.807) is 13.1 Å². The summed E-state index contributed by atoms with van der Waals surface area (Å²) in [5.41, 5.74) is 2.17. The van der Waals surface area contributed by atoms with E-state index in [9.17, 15) is 9.59 Å². The van der Waals surface area contributed by atoms with Gasteiger partial charge in [0.2, 0.25) is 5.91 Å². The number of para-hydroxylation sites is 2. The number of H-pyrrole nitrogens is 1. The molecule has 0 bridgehead atoms. The molecule has 0 aliphatic carbocycles. The van der Waals surface area contributed by atoms with Crippen molar-refractivity contribution < 1.29 is 4.79 Å². The van der Waals surface area contributed by atoms with Crippen LogP contribution in [0.3, 0.4) is 0 Å². The second kappa shape index (κ2) is 4.93. The van der Waals surface area contributed by atoms with Crippen molar-refractivity contribution in [3.63, 3.8) is 0 Å². The number of rotatable bonds is 3. The van der Waals surface area contributed by atoms with Crippen molar-refractivity contribution >= 4 is 22.8 Å². The highest BCUT2D eigenvalue weighted by molar-refractivity contribution is 5.90. The van der Waals surface area contributed by atoms with Crippen LogP contribution in [0.1, 0.15) is 5.69 Å². The van der Waals surface area contributed by atoms with Gasteiger partial charge in [0.05, 0.1) is 11.0 Å². The molecule has 3 rings (SSSR count). The molecule has 0 saturated carbocycles. The first-order valence-electron chi connectivity index (χ1n) is 6.52. The average Bonchev–Trinajstić information content (AvgIpc) is 2.97. The summed E-state index contributed by atoms with van der Waals surface area (Å²) in [5, 5.41) is 9.35. The maximum Gasteiger partial charge on any atom is 0.329 e. The number of aryl methyl sites for hydroxylation is 2. The van der Waals surface area contributed by atoms with E-state index in [1.807, 2.05) is 31.2 Å². The molecular formula is C14H15N5O2. The summed E-state index contributed by atoms with van der Waals surface area (Å²) in [5.74, 6) is 0.158. The van der Waals surface area contributed by atoms with Gasteiger partial charge in [-0.3, -0.25) is 19.0 Å². The number of carbonyl (C=O) groups is 1. The zero-order chi connectivity index (χ0) is 15.0. The molecule has 2 aromatic heterocycles. The van der Waals surface area contributed by atoms with Crippen LogP contribution in [-0.4, -0.2) is 25.2 Å². The third kappa shape index (κ3) is 2.33. The Morgan fingerprint density at radius 3 is 2.71 bits per heavy atom. The molecule has 1 amide bonds. The van der Waals surface area contributed by atoms with Crippen LogP contribution < -0.4 is 11.0 Å². The van der Waals surface area contributed by atoms with E-state index in [0.29, 0.717) is 5.82 Å². The van der Waals surface area contributed by atoms with Crippen molar-refractivity contribution in [3.8, 4) is 0 Å². The highest BCUT2D eigenvalue weighted by Gasteiger charge is 2.13. The van der Waals surface area contributed by atoms with Gasteiger partial charge in [-0.2, -0.15) is 5.10 Å². The monoisotopic (exact) mass is 285 g/mol. The molecule has 0 aliphatic heterocycles. The van der Waals surface area contributed by atoms with Gasteiger partial charge in [-0.05, 0) is 19.1 Å². The SMILES string of the molecule is Cc1cc(NC(=O)Cn2c(=O)n(C)c3ccccc32)n[nH]1. The number of anilines is 1. The van der Waals surface area contributed by atoms with E-state index in [4.69, 9.17) is 0 Å². The Balaban J connectivity index is 1.90. The molecule has 1 aromatic carbocycles. The van der Waals surface area contributed by atoms with Gasteiger partial charge in [0.15, 0.2) is 5.82 Å². The summed E-state index contributed by atoms with van der Waals surface area (Å²) < 4.78 is 2.98. The van der Waals surface area contributed by atoms with E-state index in [2.05, 4.69) is 15.5 Å². The lowest BCUT2D eigenvalue weighted by molar-refractivity contribution is -0.116. The smallest absolute Gasteiger partial charge is 0.308 e. The Labute approximate surface area is 120 Å². The van der Waals surface area contributed by atoms with Gasteiger partial charge in [0.25, 0.3) is 0 Å². The van der Waals surface area contributed by atoms with Gasteiger partial charge in [-0.25, -0.2) is 4.79 Å². The fourth-order valence-corrected chi connectivity index (χ4v) is 2.32. The third-order valence-corrected chi connectivity index (χ3v) is 3.33. The summed E-state index contributed by atoms with van der Waals surface area (Å²) in [6, 6.07) is 9.10. The minimum atomic E-state index is -0.292. The van der Waals surface area contributed by atoms with Crippen molar-refractivity contribution in [2.24, 2.45) is 7.05 Å². The number of hydrogen-bond acceptors (Lipinski definition) is 3. The molecule has 0 spiro atoms. The summed E-state index contributed by atoms with van der Waals surface area (Å²) in [4.78, 5) is 24.3. The highest BCUT2D eigenvalue weighted by Crippen LogP contribution is 2.11. The number of carbonyl (C=O) groups excluding carboxylic acids is 1. The van der Waals surface area contributed by atoms with Gasteiger partial charge in [0.1, 0.15) is 6.54 Å². The average molecular weight is 285 g/mol. The molecule has 0 unspecified atom stereocenters. The molecular weight excluding hydrogens is 270 g/mol. The summed E-state index contributed by atoms with van der Waals surface area (Å²) in [6.45, 7) is 1.80. The van der Waals surface area contributed by atoms with E-state index < -0.39 is 0 Å². The van der Waals surface area contributed by atoms with Gasteiger partial charge in [0, 0.05) is 18.8 Å². The number of fused-ring (bicyclic) bond motifs is 1. The van der Waals surface area contributed by atoms with Crippen LogP contribution in [0.2, 0.25) is 0 Å². The van der Waals surface area contributed by atoms with E-state index in [1.165, 1.54) is 9.13 Å². The molecule has 0 radical (unpaired) electrons. The number of aromatic nitrogens is 4. The number of aromatic amines is 1. The summed E-state index contributed by atoms with van der Waals surface area (Å²) >= 11 is 0. The second-order valence-electron chi connectivity index (χ2n) is 4.90. The molecule has 108 valence electrons. The normalized spacial score (nSPS) is 11.0. The molecule has 0 atom stereocenters. The third-order valence-electron chi connectivity index (χ3n) is 3.33. The summed E-state index contributed by atoms with van der Waals surface area (Å²) in [7, 11) is 1.69. The van der Waals surface area contributed by atoms with Crippen LogP contribution in [0.25, 0.3) is 11.0 Å². The Morgan fingerprint density at radius 1 is 1.33 bits per heavy atom. The summed E-state index contributed by atoms with van der Waals surface area (Å²) in [6.07, 6.45) is 0. The first-order valence-corrected chi connectivity index (χ1v) is 6.52. The zero-order valence-corrected chi connectivity index (χ0v) is 11.8. The Morgan fingerprint density at radius 2 is 2.05 bits per heavy atom. The molecule has 7 heteroatoms. The van der Waals surface area contributed by atoms with Gasteiger partial charge >= 0.3 is 5.69 Å². The van der Waals surface area contributed by atoms with Crippen LogP contribution in [0, 0.1) is 6.92 Å². The van der Waals surface area contributed by atoms with Crippen molar-refractivity contribution in [2.45, 2.75) is 13.5 Å². The maximum absolute atomic E-state index is 12.2. The number of hydrogen-bond donors (Lipinski definition) is 2. The Bertz CT molecular complexity index is 871. The fraction of sp³-hybridized carbons (Fsp3) is 0.214. The first-order chi connectivity index (χ1) is 10.1. The molecule has 2 heterocycles. The van der Waals surface area contributed by atoms with Gasteiger partial charge in [-0.1, -0.05) is 12.1 Å². The topological polar surface area (TPSA) is 84.7 Å². The molecule has 3 aromatic rings. The Kier molecular flexibility index (Phi) is 3.09. The lowest BCUT2D eigenvalue weighted by atomic mass is 10.3. The minimum absolute atomic E-state index is 0.0495. The lowest BCUT2D eigenvalue weighted by Crippen LogP contribution is -2.28. The van der Waals surface area contributed by atoms with Crippen LogP contribution >= 0.6 is 0 Å². The van der Waals surface area contributed by atoms with Crippen LogP contribution in [0.5, 0.6) is 0 Å². The number of imidazole rings is 1. The van der Waals surface area contributed by atoms with Crippen molar-refractivity contribution in [1.29, 1.82) is 0 Å². The predicted molar refractivity (Wildman–Crippen MR) is 79.1 cm³/mol. The van der Waals surface area contributed by atoms with Gasteiger partial charge < -0.3 is 5.32 Å². The zero-order valence-electron chi connectivity index (χ0n) is 11.8. The number of benzene rings is 1.